The molecule has 1 saturated heterocycles. The predicted octanol–water partition coefficient (Wildman–Crippen LogP) is 6.04. The lowest BCUT2D eigenvalue weighted by atomic mass is 9.56. The summed E-state index contributed by atoms with van der Waals surface area (Å²) in [6, 6.07) is 4.37. The van der Waals surface area contributed by atoms with Crippen molar-refractivity contribution in [2.75, 3.05) is 30.8 Å². The molecule has 2 aromatic rings. The van der Waals surface area contributed by atoms with E-state index in [0.29, 0.717) is 40.9 Å². The first kappa shape index (κ1) is 25.8. The van der Waals surface area contributed by atoms with E-state index in [1.54, 1.807) is 6.20 Å². The Balaban J connectivity index is 0.914. The minimum atomic E-state index is 0.367. The smallest absolute Gasteiger partial charge is 0.224 e. The van der Waals surface area contributed by atoms with Crippen LogP contribution in [0.1, 0.15) is 102 Å². The average molecular weight is 520 g/mol. The molecule has 206 valence electrons. The number of hydrogen-bond acceptors (Lipinski definition) is 7. The molecule has 0 radical (unpaired) electrons. The number of aromatic amines is 1. The third-order valence-electron chi connectivity index (χ3n) is 10.0. The van der Waals surface area contributed by atoms with Gasteiger partial charge >= 0.3 is 0 Å². The second kappa shape index (κ2) is 11.3. The molecule has 0 unspecified atom stereocenters. The van der Waals surface area contributed by atoms with Gasteiger partial charge in [-0.25, -0.2) is 4.98 Å². The number of nitrogens with zero attached hydrogens (tertiary/aromatic N) is 4. The van der Waals surface area contributed by atoms with Gasteiger partial charge in [-0.05, 0) is 108 Å². The highest BCUT2D eigenvalue weighted by atomic mass is 16.1. The molecule has 0 aromatic carbocycles. The standard InChI is InChI=1S/C30H45N7O/c1-37-14-11-30(12-15-37)19-22(20-30)17-25(38)16-21-6-8-24(9-7-21)32-29-31-13-10-27(34-29)33-28-18-26(35-36-28)23-4-2-3-5-23/h10,13,18,21-24H,2-9,11-12,14-17,19-20H2,1H3,(H3,31,32,33,34,35,36). The molecule has 8 heteroatoms. The van der Waals surface area contributed by atoms with Crippen LogP contribution in [0.25, 0.3) is 0 Å². The number of ketones is 1. The number of piperidine rings is 1. The van der Waals surface area contributed by atoms with E-state index in [2.05, 4.69) is 48.8 Å². The molecule has 2 aromatic heterocycles. The number of likely N-dealkylation sites (tertiary alicyclic amines) is 1. The molecule has 4 aliphatic rings. The van der Waals surface area contributed by atoms with Crippen LogP contribution in [0.5, 0.6) is 0 Å². The van der Waals surface area contributed by atoms with Crippen molar-refractivity contribution in [1.29, 1.82) is 0 Å². The minimum Gasteiger partial charge on any atom is -0.351 e. The number of carbonyl (C=O) groups excluding carboxylic acids is 1. The molecular formula is C30H45N7O. The molecule has 3 heterocycles. The normalized spacial score (nSPS) is 26.3. The SMILES string of the molecule is CN1CCC2(CC1)CC(CC(=O)CC1CCC(Nc3nccc(Nc4cc(C5CCCC5)[nH]n4)n3)CC1)C2. The Kier molecular flexibility index (Phi) is 7.68. The number of H-pyrrole nitrogens is 1. The number of aromatic nitrogens is 4. The molecule has 38 heavy (non-hydrogen) atoms. The first-order valence-corrected chi connectivity index (χ1v) is 15.1. The number of carbonyl (C=O) groups is 1. The van der Waals surface area contributed by atoms with Crippen LogP contribution in [0.3, 0.4) is 0 Å². The second-order valence-electron chi connectivity index (χ2n) is 13.0. The largest absolute Gasteiger partial charge is 0.351 e. The highest BCUT2D eigenvalue weighted by molar-refractivity contribution is 5.79. The molecule has 3 N–H and O–H groups in total. The van der Waals surface area contributed by atoms with Gasteiger partial charge < -0.3 is 15.5 Å². The molecule has 3 saturated carbocycles. The van der Waals surface area contributed by atoms with E-state index >= 15 is 0 Å². The Morgan fingerprint density at radius 1 is 1.03 bits per heavy atom. The average Bonchev–Trinajstić information content (AvgIpc) is 3.58. The predicted molar refractivity (Wildman–Crippen MR) is 151 cm³/mol. The van der Waals surface area contributed by atoms with Crippen LogP contribution in [0, 0.1) is 17.3 Å². The van der Waals surface area contributed by atoms with Crippen molar-refractivity contribution in [1.82, 2.24) is 25.1 Å². The maximum atomic E-state index is 12.8. The van der Waals surface area contributed by atoms with Crippen molar-refractivity contribution in [3.05, 3.63) is 24.0 Å². The fourth-order valence-electron chi connectivity index (χ4n) is 7.71. The van der Waals surface area contributed by atoms with Crippen LogP contribution in [0.4, 0.5) is 17.6 Å². The van der Waals surface area contributed by atoms with Crippen LogP contribution < -0.4 is 10.6 Å². The zero-order valence-electron chi connectivity index (χ0n) is 23.1. The van der Waals surface area contributed by atoms with Gasteiger partial charge in [0.2, 0.25) is 5.95 Å². The van der Waals surface area contributed by atoms with Crippen LogP contribution in [0.2, 0.25) is 0 Å². The Morgan fingerprint density at radius 2 is 1.76 bits per heavy atom. The van der Waals surface area contributed by atoms with Gasteiger partial charge in [0.05, 0.1) is 0 Å². The van der Waals surface area contributed by atoms with Gasteiger partial charge in [-0.3, -0.25) is 9.89 Å². The van der Waals surface area contributed by atoms with E-state index in [1.165, 1.54) is 70.2 Å². The maximum Gasteiger partial charge on any atom is 0.224 e. The van der Waals surface area contributed by atoms with Gasteiger partial charge in [0.1, 0.15) is 11.6 Å². The number of Topliss-reactive ketones (excluding diaryl/α,β-unsaturated/α-hetero) is 1. The molecule has 4 fully saturated rings. The Labute approximate surface area is 227 Å². The molecule has 3 aliphatic carbocycles. The summed E-state index contributed by atoms with van der Waals surface area (Å²) >= 11 is 0. The summed E-state index contributed by atoms with van der Waals surface area (Å²) in [4.78, 5) is 24.4. The van der Waals surface area contributed by atoms with Crippen molar-refractivity contribution < 1.29 is 4.79 Å². The zero-order chi connectivity index (χ0) is 26.0. The maximum absolute atomic E-state index is 12.8. The molecule has 0 bridgehead atoms. The number of hydrogen-bond donors (Lipinski definition) is 3. The monoisotopic (exact) mass is 519 g/mol. The first-order chi connectivity index (χ1) is 18.5. The van der Waals surface area contributed by atoms with Gasteiger partial charge in [0, 0.05) is 42.8 Å². The molecule has 6 rings (SSSR count). The van der Waals surface area contributed by atoms with Gasteiger partial charge in [0.15, 0.2) is 5.82 Å². The number of anilines is 3. The van der Waals surface area contributed by atoms with Crippen LogP contribution >= 0.6 is 0 Å². The Morgan fingerprint density at radius 3 is 2.53 bits per heavy atom. The van der Waals surface area contributed by atoms with Gasteiger partial charge in [-0.2, -0.15) is 10.1 Å². The van der Waals surface area contributed by atoms with Crippen molar-refractivity contribution in [3.8, 4) is 0 Å². The summed E-state index contributed by atoms with van der Waals surface area (Å²) in [5, 5.41) is 14.5. The molecule has 1 aliphatic heterocycles. The molecule has 0 atom stereocenters. The first-order valence-electron chi connectivity index (χ1n) is 15.1. The van der Waals surface area contributed by atoms with Gasteiger partial charge in [0.25, 0.3) is 0 Å². The fourth-order valence-corrected chi connectivity index (χ4v) is 7.71. The fraction of sp³-hybridized carbons (Fsp3) is 0.733. The summed E-state index contributed by atoms with van der Waals surface area (Å²) in [6.07, 6.45) is 18.1. The summed E-state index contributed by atoms with van der Waals surface area (Å²) in [5.41, 5.74) is 1.80. The van der Waals surface area contributed by atoms with Crippen molar-refractivity contribution >= 4 is 23.4 Å². The topological polar surface area (TPSA) is 98.8 Å². The van der Waals surface area contributed by atoms with Gasteiger partial charge in [-0.1, -0.05) is 12.8 Å². The van der Waals surface area contributed by atoms with Crippen LogP contribution in [0.15, 0.2) is 18.3 Å². The zero-order valence-corrected chi connectivity index (χ0v) is 23.1. The van der Waals surface area contributed by atoms with Crippen LogP contribution in [-0.4, -0.2) is 57.0 Å². The molecular weight excluding hydrogens is 474 g/mol. The lowest BCUT2D eigenvalue weighted by molar-refractivity contribution is -0.123. The summed E-state index contributed by atoms with van der Waals surface area (Å²) in [7, 11) is 2.23. The third kappa shape index (κ3) is 6.22. The molecule has 8 nitrogen and oxygen atoms in total. The van der Waals surface area contributed by atoms with E-state index in [-0.39, 0.29) is 0 Å². The van der Waals surface area contributed by atoms with E-state index in [4.69, 9.17) is 0 Å². The lowest BCUT2D eigenvalue weighted by Crippen LogP contribution is -2.46. The van der Waals surface area contributed by atoms with E-state index in [0.717, 1.165) is 50.2 Å². The van der Waals surface area contributed by atoms with E-state index < -0.39 is 0 Å². The van der Waals surface area contributed by atoms with Gasteiger partial charge in [-0.15, -0.1) is 0 Å². The highest BCUT2D eigenvalue weighted by Crippen LogP contribution is 2.53. The molecule has 0 amide bonds. The van der Waals surface area contributed by atoms with Crippen molar-refractivity contribution in [2.24, 2.45) is 17.3 Å². The van der Waals surface area contributed by atoms with Crippen LogP contribution in [-0.2, 0) is 4.79 Å². The van der Waals surface area contributed by atoms with E-state index in [1.807, 2.05) is 6.07 Å². The lowest BCUT2D eigenvalue weighted by Gasteiger charge is -2.52. The third-order valence-corrected chi connectivity index (χ3v) is 10.0. The summed E-state index contributed by atoms with van der Waals surface area (Å²) in [5.74, 6) is 4.54. The Bertz CT molecular complexity index is 1070. The quantitative estimate of drug-likeness (QED) is 0.371. The summed E-state index contributed by atoms with van der Waals surface area (Å²) < 4.78 is 0. The highest BCUT2D eigenvalue weighted by Gasteiger charge is 2.45. The Hall–Kier alpha value is -2.48. The summed E-state index contributed by atoms with van der Waals surface area (Å²) in [6.45, 7) is 2.46. The number of rotatable bonds is 9. The molecule has 1 spiro atoms. The van der Waals surface area contributed by atoms with Crippen molar-refractivity contribution in [2.45, 2.75) is 102 Å². The van der Waals surface area contributed by atoms with E-state index in [9.17, 15) is 4.79 Å². The second-order valence-corrected chi connectivity index (χ2v) is 13.0. The minimum absolute atomic E-state index is 0.367. The van der Waals surface area contributed by atoms with Crippen molar-refractivity contribution in [3.63, 3.8) is 0 Å². The number of nitrogens with one attached hydrogen (secondary N) is 3.